The summed E-state index contributed by atoms with van der Waals surface area (Å²) < 4.78 is 1.86. The Labute approximate surface area is 161 Å². The normalized spacial score (nSPS) is 16.4. The molecule has 7 nitrogen and oxygen atoms in total. The zero-order chi connectivity index (χ0) is 19.7. The van der Waals surface area contributed by atoms with Crippen LogP contribution in [-0.2, 0) is 16.6 Å². The maximum absolute atomic E-state index is 12.5. The molecule has 1 aromatic heterocycles. The number of para-hydroxylation sites is 2. The van der Waals surface area contributed by atoms with E-state index in [0.29, 0.717) is 12.1 Å². The minimum atomic E-state index is -0.513. The van der Waals surface area contributed by atoms with E-state index in [0.717, 1.165) is 16.6 Å². The second kappa shape index (κ2) is 7.19. The van der Waals surface area contributed by atoms with E-state index in [1.807, 2.05) is 66.2 Å². The summed E-state index contributed by atoms with van der Waals surface area (Å²) in [5.74, 6) is -1.39. The fourth-order valence-corrected chi connectivity index (χ4v) is 3.55. The smallest absolute Gasteiger partial charge is 0.271 e. The first-order valence-corrected chi connectivity index (χ1v) is 9.04. The average molecular weight is 376 g/mol. The van der Waals surface area contributed by atoms with Gasteiger partial charge in [-0.05, 0) is 18.2 Å². The van der Waals surface area contributed by atoms with E-state index >= 15 is 0 Å². The van der Waals surface area contributed by atoms with Gasteiger partial charge in [0.25, 0.3) is 5.91 Å². The number of rotatable bonds is 3. The van der Waals surface area contributed by atoms with Gasteiger partial charge in [0, 0.05) is 42.8 Å². The van der Waals surface area contributed by atoms with Gasteiger partial charge in [-0.25, -0.2) is 0 Å². The van der Waals surface area contributed by atoms with Crippen LogP contribution in [0, 0.1) is 5.92 Å². The van der Waals surface area contributed by atoms with Crippen molar-refractivity contribution in [2.75, 3.05) is 11.4 Å². The number of aryl methyl sites for hydroxylation is 1. The lowest BCUT2D eigenvalue weighted by molar-refractivity contribution is -0.126. The lowest BCUT2D eigenvalue weighted by Gasteiger charge is -2.16. The van der Waals surface area contributed by atoms with Crippen molar-refractivity contribution in [2.45, 2.75) is 6.42 Å². The summed E-state index contributed by atoms with van der Waals surface area (Å²) in [6, 6.07) is 16.8. The van der Waals surface area contributed by atoms with Gasteiger partial charge in [0.2, 0.25) is 11.8 Å². The number of hydrazine groups is 1. The van der Waals surface area contributed by atoms with Crippen molar-refractivity contribution in [3.05, 3.63) is 66.4 Å². The van der Waals surface area contributed by atoms with Crippen molar-refractivity contribution in [3.63, 3.8) is 0 Å². The summed E-state index contributed by atoms with van der Waals surface area (Å²) in [5.41, 5.74) is 7.11. The van der Waals surface area contributed by atoms with E-state index in [4.69, 9.17) is 0 Å². The highest BCUT2D eigenvalue weighted by Crippen LogP contribution is 2.25. The molecule has 2 heterocycles. The van der Waals surface area contributed by atoms with E-state index in [-0.39, 0.29) is 18.2 Å². The molecule has 0 bridgehead atoms. The van der Waals surface area contributed by atoms with Crippen molar-refractivity contribution in [1.82, 2.24) is 15.4 Å². The number of anilines is 1. The second-order valence-corrected chi connectivity index (χ2v) is 6.86. The third-order valence-corrected chi connectivity index (χ3v) is 5.00. The topological polar surface area (TPSA) is 83.4 Å². The molecule has 1 aliphatic heterocycles. The molecule has 0 saturated carbocycles. The van der Waals surface area contributed by atoms with Crippen LogP contribution in [0.25, 0.3) is 10.9 Å². The summed E-state index contributed by atoms with van der Waals surface area (Å²) in [6.07, 6.45) is 1.84. The highest BCUT2D eigenvalue weighted by Gasteiger charge is 2.35. The molecule has 0 radical (unpaired) electrons. The third-order valence-electron chi connectivity index (χ3n) is 5.00. The van der Waals surface area contributed by atoms with Crippen LogP contribution in [-0.4, -0.2) is 28.8 Å². The van der Waals surface area contributed by atoms with Crippen LogP contribution < -0.4 is 15.8 Å². The molecule has 7 heteroatoms. The predicted molar refractivity (Wildman–Crippen MR) is 105 cm³/mol. The number of amides is 3. The summed E-state index contributed by atoms with van der Waals surface area (Å²) >= 11 is 0. The largest absolute Gasteiger partial charge is 0.350 e. The van der Waals surface area contributed by atoms with Gasteiger partial charge in [-0.15, -0.1) is 0 Å². The van der Waals surface area contributed by atoms with Gasteiger partial charge in [-0.3, -0.25) is 25.2 Å². The van der Waals surface area contributed by atoms with Crippen molar-refractivity contribution in [1.29, 1.82) is 0 Å². The number of aromatic nitrogens is 1. The monoisotopic (exact) mass is 376 g/mol. The molecule has 1 fully saturated rings. The summed E-state index contributed by atoms with van der Waals surface area (Å²) in [4.78, 5) is 38.8. The Hall–Kier alpha value is -3.61. The first-order chi connectivity index (χ1) is 13.5. The predicted octanol–water partition coefficient (Wildman–Crippen LogP) is 1.99. The van der Waals surface area contributed by atoms with Crippen LogP contribution in [0.5, 0.6) is 0 Å². The standard InChI is InChI=1S/C21H20N4O3/c1-24-13-17(16-9-5-6-10-18(16)24)21(28)23-22-20(27)14-11-19(26)25(12-14)15-7-3-2-4-8-15/h2-10,13-14H,11-12H2,1H3,(H,22,27)(H,23,28)/t14-/m0/s1. The molecule has 2 aromatic carbocycles. The van der Waals surface area contributed by atoms with Crippen LogP contribution in [0.4, 0.5) is 5.69 Å². The number of fused-ring (bicyclic) bond motifs is 1. The van der Waals surface area contributed by atoms with Crippen LogP contribution >= 0.6 is 0 Å². The molecule has 2 N–H and O–H groups in total. The van der Waals surface area contributed by atoms with Gasteiger partial charge in [0.1, 0.15) is 0 Å². The number of carbonyl (C=O) groups excluding carboxylic acids is 3. The highest BCUT2D eigenvalue weighted by atomic mass is 16.2. The number of hydrogen-bond acceptors (Lipinski definition) is 3. The van der Waals surface area contributed by atoms with Gasteiger partial charge in [0.15, 0.2) is 0 Å². The minimum Gasteiger partial charge on any atom is -0.350 e. The maximum Gasteiger partial charge on any atom is 0.271 e. The Bertz CT molecular complexity index is 1060. The van der Waals surface area contributed by atoms with Crippen LogP contribution in [0.2, 0.25) is 0 Å². The van der Waals surface area contributed by atoms with Crippen LogP contribution in [0.15, 0.2) is 60.8 Å². The zero-order valence-corrected chi connectivity index (χ0v) is 15.4. The van der Waals surface area contributed by atoms with Gasteiger partial charge in [-0.2, -0.15) is 0 Å². The number of carbonyl (C=O) groups is 3. The lowest BCUT2D eigenvalue weighted by atomic mass is 10.1. The second-order valence-electron chi connectivity index (χ2n) is 6.86. The molecule has 28 heavy (non-hydrogen) atoms. The first kappa shape index (κ1) is 17.8. The van der Waals surface area contributed by atoms with E-state index in [9.17, 15) is 14.4 Å². The Kier molecular flexibility index (Phi) is 4.57. The summed E-state index contributed by atoms with van der Waals surface area (Å²) in [7, 11) is 1.86. The van der Waals surface area contributed by atoms with Crippen LogP contribution in [0.3, 0.4) is 0 Å². The van der Waals surface area contributed by atoms with E-state index in [1.165, 1.54) is 0 Å². The van der Waals surface area contributed by atoms with Gasteiger partial charge < -0.3 is 9.47 Å². The molecule has 0 unspecified atom stereocenters. The zero-order valence-electron chi connectivity index (χ0n) is 15.4. The Morgan fingerprint density at radius 1 is 1.00 bits per heavy atom. The Morgan fingerprint density at radius 2 is 1.71 bits per heavy atom. The quantitative estimate of drug-likeness (QED) is 0.686. The molecule has 142 valence electrons. The summed E-state index contributed by atoms with van der Waals surface area (Å²) in [5, 5.41) is 0.808. The van der Waals surface area contributed by atoms with E-state index in [1.54, 1.807) is 11.1 Å². The molecular weight excluding hydrogens is 356 g/mol. The molecule has 1 aliphatic rings. The fourth-order valence-electron chi connectivity index (χ4n) is 3.55. The van der Waals surface area contributed by atoms with Crippen molar-refractivity contribution >= 4 is 34.3 Å². The third kappa shape index (κ3) is 3.22. The van der Waals surface area contributed by atoms with Gasteiger partial charge in [0.05, 0.1) is 11.5 Å². The Morgan fingerprint density at radius 3 is 2.50 bits per heavy atom. The number of nitrogens with one attached hydrogen (secondary N) is 2. The van der Waals surface area contributed by atoms with E-state index in [2.05, 4.69) is 10.9 Å². The molecule has 3 amide bonds. The number of hydrogen-bond donors (Lipinski definition) is 2. The molecule has 1 saturated heterocycles. The van der Waals surface area contributed by atoms with Crippen molar-refractivity contribution in [2.24, 2.45) is 13.0 Å². The van der Waals surface area contributed by atoms with Crippen LogP contribution in [0.1, 0.15) is 16.8 Å². The Balaban J connectivity index is 1.40. The van der Waals surface area contributed by atoms with E-state index < -0.39 is 11.8 Å². The number of benzene rings is 2. The maximum atomic E-state index is 12.5. The fraction of sp³-hybridized carbons (Fsp3) is 0.190. The SMILES string of the molecule is Cn1cc(C(=O)NNC(=O)[C@H]2CC(=O)N(c3ccccc3)C2)c2ccccc21. The first-order valence-electron chi connectivity index (χ1n) is 9.04. The average Bonchev–Trinajstić information content (AvgIpc) is 3.27. The number of nitrogens with zero attached hydrogens (tertiary/aromatic N) is 2. The molecule has 0 spiro atoms. The van der Waals surface area contributed by atoms with Gasteiger partial charge in [-0.1, -0.05) is 36.4 Å². The van der Waals surface area contributed by atoms with Crippen molar-refractivity contribution in [3.8, 4) is 0 Å². The molecule has 1 atom stereocenters. The molecular formula is C21H20N4O3. The molecule has 4 rings (SSSR count). The summed E-state index contributed by atoms with van der Waals surface area (Å²) in [6.45, 7) is 0.290. The molecule has 0 aliphatic carbocycles. The van der Waals surface area contributed by atoms with Gasteiger partial charge >= 0.3 is 0 Å². The van der Waals surface area contributed by atoms with Crippen molar-refractivity contribution < 1.29 is 14.4 Å². The minimum absolute atomic E-state index is 0.105. The molecule has 3 aromatic rings. The lowest BCUT2D eigenvalue weighted by Crippen LogP contribution is -2.45. The highest BCUT2D eigenvalue weighted by molar-refractivity contribution is 6.07.